The van der Waals surface area contributed by atoms with E-state index < -0.39 is 10.1 Å². The summed E-state index contributed by atoms with van der Waals surface area (Å²) >= 11 is 0. The maximum Gasteiger partial charge on any atom is 0.264 e. The molecule has 0 bridgehead atoms. The van der Waals surface area contributed by atoms with Gasteiger partial charge >= 0.3 is 0 Å². The lowest BCUT2D eigenvalue weighted by Gasteiger charge is -2.06. The molecule has 0 aromatic rings. The lowest BCUT2D eigenvalue weighted by Crippen LogP contribution is -2.10. The maximum absolute atomic E-state index is 10.5. The molecule has 0 rings (SSSR count). The van der Waals surface area contributed by atoms with Gasteiger partial charge in [0.15, 0.2) is 0 Å². The third kappa shape index (κ3) is 7.55. The Morgan fingerprint density at radius 3 is 2.55 bits per heavy atom. The zero-order chi connectivity index (χ0) is 8.91. The van der Waals surface area contributed by atoms with Crippen molar-refractivity contribution in [2.75, 3.05) is 12.9 Å². The van der Waals surface area contributed by atoms with E-state index in [0.717, 1.165) is 12.7 Å². The van der Waals surface area contributed by atoms with E-state index in [1.54, 1.807) is 6.08 Å². The highest BCUT2D eigenvalue weighted by molar-refractivity contribution is 7.85. The number of hydrogen-bond donors (Lipinski definition) is 0. The Hall–Kier alpha value is -0.350. The molecule has 0 heterocycles. The van der Waals surface area contributed by atoms with Crippen LogP contribution >= 0.6 is 0 Å². The van der Waals surface area contributed by atoms with Crippen LogP contribution < -0.4 is 0 Å². The molecular weight excluding hydrogens is 164 g/mol. The fraction of sp³-hybridized carbons (Fsp3) is 0.714. The Balaban J connectivity index is 3.62. The smallest absolute Gasteiger partial charge is 0.264 e. The summed E-state index contributed by atoms with van der Waals surface area (Å²) in [5.41, 5.74) is 0. The summed E-state index contributed by atoms with van der Waals surface area (Å²) in [5, 5.41) is 0. The molecule has 0 aromatic carbocycles. The lowest BCUT2D eigenvalue weighted by molar-refractivity contribution is 0.268. The molecule has 11 heavy (non-hydrogen) atoms. The largest absolute Gasteiger partial charge is 0.270 e. The number of hydrogen-bond acceptors (Lipinski definition) is 3. The van der Waals surface area contributed by atoms with Crippen LogP contribution in [-0.4, -0.2) is 21.3 Å². The average Bonchev–Trinajstić information content (AvgIpc) is 1.83. The van der Waals surface area contributed by atoms with Crippen molar-refractivity contribution in [1.29, 1.82) is 0 Å². The normalized spacial score (nSPS) is 14.4. The van der Waals surface area contributed by atoms with E-state index in [2.05, 4.69) is 10.8 Å². The Labute approximate surface area is 68.2 Å². The molecule has 0 saturated carbocycles. The van der Waals surface area contributed by atoms with Gasteiger partial charge in [-0.2, -0.15) is 8.42 Å². The van der Waals surface area contributed by atoms with E-state index in [4.69, 9.17) is 0 Å². The highest BCUT2D eigenvalue weighted by Gasteiger charge is 2.05. The first-order valence-electron chi connectivity index (χ1n) is 3.41. The van der Waals surface area contributed by atoms with Crippen LogP contribution in [0.15, 0.2) is 12.7 Å². The summed E-state index contributed by atoms with van der Waals surface area (Å²) in [6, 6.07) is 0. The van der Waals surface area contributed by atoms with Crippen molar-refractivity contribution in [2.45, 2.75) is 13.3 Å². The molecule has 0 aliphatic heterocycles. The molecule has 0 aliphatic rings. The summed E-state index contributed by atoms with van der Waals surface area (Å²) in [6.07, 6.45) is 3.57. The van der Waals surface area contributed by atoms with Crippen LogP contribution in [0.1, 0.15) is 13.3 Å². The third-order valence-electron chi connectivity index (χ3n) is 1.14. The van der Waals surface area contributed by atoms with Crippen molar-refractivity contribution < 1.29 is 12.6 Å². The predicted molar refractivity (Wildman–Crippen MR) is 44.8 cm³/mol. The molecule has 0 fully saturated rings. The van der Waals surface area contributed by atoms with Crippen molar-refractivity contribution in [1.82, 2.24) is 0 Å². The van der Waals surface area contributed by atoms with E-state index in [1.807, 2.05) is 6.92 Å². The van der Waals surface area contributed by atoms with Crippen molar-refractivity contribution in [3.63, 3.8) is 0 Å². The van der Waals surface area contributed by atoms with Crippen LogP contribution in [0.4, 0.5) is 0 Å². The highest BCUT2D eigenvalue weighted by Crippen LogP contribution is 2.03. The highest BCUT2D eigenvalue weighted by atomic mass is 32.2. The maximum atomic E-state index is 10.5. The second-order valence-electron chi connectivity index (χ2n) is 2.62. The molecule has 4 heteroatoms. The van der Waals surface area contributed by atoms with Gasteiger partial charge in [0.2, 0.25) is 0 Å². The summed E-state index contributed by atoms with van der Waals surface area (Å²) in [5.74, 6) is 0.210. The van der Waals surface area contributed by atoms with Crippen molar-refractivity contribution in [2.24, 2.45) is 5.92 Å². The third-order valence-corrected chi connectivity index (χ3v) is 1.70. The summed E-state index contributed by atoms with van der Waals surface area (Å²) in [7, 11) is -3.27. The van der Waals surface area contributed by atoms with Gasteiger partial charge in [-0.3, -0.25) is 4.18 Å². The van der Waals surface area contributed by atoms with Crippen LogP contribution in [0.5, 0.6) is 0 Å². The zero-order valence-electron chi connectivity index (χ0n) is 6.91. The van der Waals surface area contributed by atoms with Gasteiger partial charge < -0.3 is 0 Å². The second-order valence-corrected chi connectivity index (χ2v) is 4.26. The quantitative estimate of drug-likeness (QED) is 0.469. The van der Waals surface area contributed by atoms with Gasteiger partial charge in [0.1, 0.15) is 0 Å². The van der Waals surface area contributed by atoms with Gasteiger partial charge in [-0.05, 0) is 12.3 Å². The monoisotopic (exact) mass is 178 g/mol. The molecule has 0 N–H and O–H groups in total. The molecule has 3 nitrogen and oxygen atoms in total. The van der Waals surface area contributed by atoms with Gasteiger partial charge in [-0.25, -0.2) is 0 Å². The molecule has 0 spiro atoms. The Bertz CT molecular complexity index is 206. The minimum atomic E-state index is -3.27. The van der Waals surface area contributed by atoms with Gasteiger partial charge in [-0.15, -0.1) is 6.58 Å². The van der Waals surface area contributed by atoms with Crippen molar-refractivity contribution in [3.05, 3.63) is 12.7 Å². The molecule has 1 atom stereocenters. The molecule has 0 radical (unpaired) electrons. The first-order valence-corrected chi connectivity index (χ1v) is 5.22. The first kappa shape index (κ1) is 10.7. The molecule has 0 amide bonds. The molecule has 0 aromatic heterocycles. The van der Waals surface area contributed by atoms with E-state index in [9.17, 15) is 8.42 Å². The molecule has 0 aliphatic carbocycles. The Morgan fingerprint density at radius 1 is 1.64 bits per heavy atom. The van der Waals surface area contributed by atoms with Crippen LogP contribution in [0.2, 0.25) is 0 Å². The van der Waals surface area contributed by atoms with Crippen LogP contribution in [-0.2, 0) is 14.3 Å². The summed E-state index contributed by atoms with van der Waals surface area (Å²) in [4.78, 5) is 0. The second kappa shape index (κ2) is 4.51. The van der Waals surface area contributed by atoms with E-state index >= 15 is 0 Å². The topological polar surface area (TPSA) is 43.4 Å². The lowest BCUT2D eigenvalue weighted by atomic mass is 10.1. The average molecular weight is 178 g/mol. The SMILES string of the molecule is C=CC[C@@H](C)COS(C)(=O)=O. The fourth-order valence-corrected chi connectivity index (χ4v) is 1.07. The minimum Gasteiger partial charge on any atom is -0.270 e. The van der Waals surface area contributed by atoms with Crippen LogP contribution in [0, 0.1) is 5.92 Å². The first-order chi connectivity index (χ1) is 4.95. The van der Waals surface area contributed by atoms with Crippen molar-refractivity contribution >= 4 is 10.1 Å². The van der Waals surface area contributed by atoms with Gasteiger partial charge in [-0.1, -0.05) is 13.0 Å². The zero-order valence-corrected chi connectivity index (χ0v) is 7.73. The van der Waals surface area contributed by atoms with Gasteiger partial charge in [0.25, 0.3) is 10.1 Å². The predicted octanol–water partition coefficient (Wildman–Crippen LogP) is 1.17. The molecule has 66 valence electrons. The van der Waals surface area contributed by atoms with Crippen LogP contribution in [0.3, 0.4) is 0 Å². The fourth-order valence-electron chi connectivity index (χ4n) is 0.592. The number of allylic oxidation sites excluding steroid dienone is 1. The molecule has 0 saturated heterocycles. The van der Waals surface area contributed by atoms with E-state index in [1.165, 1.54) is 0 Å². The van der Waals surface area contributed by atoms with Crippen molar-refractivity contribution in [3.8, 4) is 0 Å². The summed E-state index contributed by atoms with van der Waals surface area (Å²) < 4.78 is 25.6. The minimum absolute atomic E-state index is 0.210. The van der Waals surface area contributed by atoms with Gasteiger partial charge in [0, 0.05) is 0 Å². The van der Waals surface area contributed by atoms with E-state index in [-0.39, 0.29) is 12.5 Å². The summed E-state index contributed by atoms with van der Waals surface area (Å²) in [6.45, 7) is 5.69. The Morgan fingerprint density at radius 2 is 2.18 bits per heavy atom. The van der Waals surface area contributed by atoms with Gasteiger partial charge in [0.05, 0.1) is 12.9 Å². The number of rotatable bonds is 5. The molecular formula is C7H14O3S. The Kier molecular flexibility index (Phi) is 4.37. The van der Waals surface area contributed by atoms with Crippen LogP contribution in [0.25, 0.3) is 0 Å². The standard InChI is InChI=1S/C7H14O3S/c1-4-5-7(2)6-10-11(3,8)9/h4,7H,1,5-6H2,2-3H3/t7-/m1/s1. The molecule has 0 unspecified atom stereocenters. The van der Waals surface area contributed by atoms with E-state index in [0.29, 0.717) is 0 Å².